The molecule has 118 valence electrons. The summed E-state index contributed by atoms with van der Waals surface area (Å²) >= 11 is 12.4. The van der Waals surface area contributed by atoms with E-state index in [2.05, 4.69) is 19.2 Å². The van der Waals surface area contributed by atoms with Crippen LogP contribution in [-0.2, 0) is 11.3 Å². The van der Waals surface area contributed by atoms with Gasteiger partial charge in [-0.1, -0.05) is 37.0 Å². The molecular weight excluding hydrogens is 309 g/mol. The third-order valence-electron chi connectivity index (χ3n) is 3.41. The molecule has 0 saturated carbocycles. The topological polar surface area (TPSA) is 30.5 Å². The van der Waals surface area contributed by atoms with E-state index in [9.17, 15) is 0 Å². The van der Waals surface area contributed by atoms with Crippen LogP contribution in [0.5, 0.6) is 5.75 Å². The van der Waals surface area contributed by atoms with Crippen LogP contribution < -0.4 is 10.1 Å². The Bertz CT molecular complexity index is 460. The first kappa shape index (κ1) is 16.9. The minimum atomic E-state index is 0.168. The molecule has 1 aromatic carbocycles. The summed E-state index contributed by atoms with van der Waals surface area (Å²) in [4.78, 5) is 0. The molecule has 1 fully saturated rings. The van der Waals surface area contributed by atoms with Gasteiger partial charge in [-0.15, -0.1) is 0 Å². The molecule has 1 aliphatic rings. The van der Waals surface area contributed by atoms with Crippen LogP contribution in [0.15, 0.2) is 12.1 Å². The summed E-state index contributed by atoms with van der Waals surface area (Å²) in [6.07, 6.45) is 1.97. The SMILES string of the molecule is CC(C)CNCc1cc(Cl)cc(Cl)c1OC1CCOCC1. The predicted octanol–water partition coefficient (Wildman–Crippen LogP) is 4.30. The van der Waals surface area contributed by atoms with E-state index < -0.39 is 0 Å². The molecule has 0 spiro atoms. The lowest BCUT2D eigenvalue weighted by atomic mass is 10.1. The van der Waals surface area contributed by atoms with Gasteiger partial charge in [0.05, 0.1) is 18.2 Å². The Morgan fingerprint density at radius 3 is 2.67 bits per heavy atom. The number of hydrogen-bond acceptors (Lipinski definition) is 3. The summed E-state index contributed by atoms with van der Waals surface area (Å²) in [7, 11) is 0. The fraction of sp³-hybridized carbons (Fsp3) is 0.625. The molecule has 3 nitrogen and oxygen atoms in total. The Hall–Kier alpha value is -0.480. The lowest BCUT2D eigenvalue weighted by molar-refractivity contribution is 0.0252. The van der Waals surface area contributed by atoms with E-state index in [4.69, 9.17) is 32.7 Å². The normalized spacial score (nSPS) is 16.4. The van der Waals surface area contributed by atoms with Gasteiger partial charge < -0.3 is 14.8 Å². The van der Waals surface area contributed by atoms with E-state index in [1.54, 1.807) is 6.07 Å². The first-order valence-corrected chi connectivity index (χ1v) is 8.25. The molecule has 0 unspecified atom stereocenters. The van der Waals surface area contributed by atoms with Gasteiger partial charge in [0.25, 0.3) is 0 Å². The van der Waals surface area contributed by atoms with Crippen molar-refractivity contribution in [1.82, 2.24) is 5.32 Å². The maximum Gasteiger partial charge on any atom is 0.142 e. The van der Waals surface area contributed by atoms with Gasteiger partial charge in [-0.3, -0.25) is 0 Å². The highest BCUT2D eigenvalue weighted by atomic mass is 35.5. The standard InChI is InChI=1S/C16H23Cl2NO2/c1-11(2)9-19-10-12-7-13(17)8-15(18)16(12)21-14-3-5-20-6-4-14/h7-8,11,14,19H,3-6,9-10H2,1-2H3. The van der Waals surface area contributed by atoms with Gasteiger partial charge in [0.1, 0.15) is 11.9 Å². The molecule has 1 heterocycles. The average Bonchev–Trinajstić information content (AvgIpc) is 2.43. The predicted molar refractivity (Wildman–Crippen MR) is 87.5 cm³/mol. The van der Waals surface area contributed by atoms with Crippen molar-refractivity contribution in [2.45, 2.75) is 39.3 Å². The number of halogens is 2. The van der Waals surface area contributed by atoms with Gasteiger partial charge >= 0.3 is 0 Å². The molecule has 0 aliphatic carbocycles. The minimum absolute atomic E-state index is 0.168. The highest BCUT2D eigenvalue weighted by Crippen LogP contribution is 2.34. The average molecular weight is 332 g/mol. The van der Waals surface area contributed by atoms with Crippen LogP contribution in [0, 0.1) is 5.92 Å². The van der Waals surface area contributed by atoms with Crippen LogP contribution in [0.25, 0.3) is 0 Å². The highest BCUT2D eigenvalue weighted by Gasteiger charge is 2.19. The van der Waals surface area contributed by atoms with E-state index in [1.807, 2.05) is 6.07 Å². The summed E-state index contributed by atoms with van der Waals surface area (Å²) in [5.74, 6) is 1.35. The second-order valence-electron chi connectivity index (χ2n) is 5.83. The molecule has 1 aromatic rings. The highest BCUT2D eigenvalue weighted by molar-refractivity contribution is 6.35. The van der Waals surface area contributed by atoms with Crippen molar-refractivity contribution in [2.24, 2.45) is 5.92 Å². The summed E-state index contributed by atoms with van der Waals surface area (Å²) in [6, 6.07) is 3.67. The van der Waals surface area contributed by atoms with Gasteiger partial charge in [0, 0.05) is 30.0 Å². The fourth-order valence-corrected chi connectivity index (χ4v) is 2.91. The largest absolute Gasteiger partial charge is 0.488 e. The van der Waals surface area contributed by atoms with Crippen molar-refractivity contribution in [3.05, 3.63) is 27.7 Å². The molecule has 0 amide bonds. The van der Waals surface area contributed by atoms with Gasteiger partial charge in [0.2, 0.25) is 0 Å². The Morgan fingerprint density at radius 1 is 1.29 bits per heavy atom. The quantitative estimate of drug-likeness (QED) is 0.843. The third-order valence-corrected chi connectivity index (χ3v) is 3.91. The zero-order valence-corrected chi connectivity index (χ0v) is 14.1. The van der Waals surface area contributed by atoms with Crippen molar-refractivity contribution >= 4 is 23.2 Å². The van der Waals surface area contributed by atoms with Crippen LogP contribution in [-0.4, -0.2) is 25.9 Å². The lowest BCUT2D eigenvalue weighted by Crippen LogP contribution is -2.27. The van der Waals surface area contributed by atoms with E-state index in [-0.39, 0.29) is 6.10 Å². The number of hydrogen-bond donors (Lipinski definition) is 1. The monoisotopic (exact) mass is 331 g/mol. The van der Waals surface area contributed by atoms with Gasteiger partial charge in [-0.2, -0.15) is 0 Å². The van der Waals surface area contributed by atoms with Crippen LogP contribution in [0.1, 0.15) is 32.3 Å². The molecule has 2 rings (SSSR count). The number of benzene rings is 1. The third kappa shape index (κ3) is 5.33. The number of rotatable bonds is 6. The molecular formula is C16H23Cl2NO2. The van der Waals surface area contributed by atoms with Gasteiger partial charge in [0.15, 0.2) is 0 Å². The van der Waals surface area contributed by atoms with Crippen molar-refractivity contribution in [2.75, 3.05) is 19.8 Å². The van der Waals surface area contributed by atoms with E-state index in [0.29, 0.717) is 22.5 Å². The zero-order chi connectivity index (χ0) is 15.2. The molecule has 1 saturated heterocycles. The van der Waals surface area contributed by atoms with E-state index in [1.165, 1.54) is 0 Å². The summed E-state index contributed by atoms with van der Waals surface area (Å²) in [5.41, 5.74) is 1.01. The maximum atomic E-state index is 6.33. The first-order chi connectivity index (χ1) is 10.1. The molecule has 1 aliphatic heterocycles. The second-order valence-corrected chi connectivity index (χ2v) is 6.67. The van der Waals surface area contributed by atoms with Crippen molar-refractivity contribution < 1.29 is 9.47 Å². The minimum Gasteiger partial charge on any atom is -0.488 e. The van der Waals surface area contributed by atoms with Gasteiger partial charge in [-0.05, 0) is 24.6 Å². The molecule has 0 radical (unpaired) electrons. The van der Waals surface area contributed by atoms with Crippen LogP contribution in [0.4, 0.5) is 0 Å². The molecule has 5 heteroatoms. The van der Waals surface area contributed by atoms with Crippen LogP contribution >= 0.6 is 23.2 Å². The molecule has 1 N–H and O–H groups in total. The first-order valence-electron chi connectivity index (χ1n) is 7.49. The van der Waals surface area contributed by atoms with Gasteiger partial charge in [-0.25, -0.2) is 0 Å². The molecule has 0 aromatic heterocycles. The molecule has 21 heavy (non-hydrogen) atoms. The van der Waals surface area contributed by atoms with E-state index >= 15 is 0 Å². The summed E-state index contributed by atoms with van der Waals surface area (Å²) in [6.45, 7) is 7.50. The summed E-state index contributed by atoms with van der Waals surface area (Å²) < 4.78 is 11.5. The van der Waals surface area contributed by atoms with Crippen LogP contribution in [0.2, 0.25) is 10.0 Å². The summed E-state index contributed by atoms with van der Waals surface area (Å²) in [5, 5.41) is 4.63. The Morgan fingerprint density at radius 2 is 2.00 bits per heavy atom. The lowest BCUT2D eigenvalue weighted by Gasteiger charge is -2.25. The Kier molecular flexibility index (Phi) is 6.62. The molecule has 0 bridgehead atoms. The van der Waals surface area contributed by atoms with Crippen molar-refractivity contribution in [3.63, 3.8) is 0 Å². The van der Waals surface area contributed by atoms with Crippen LogP contribution in [0.3, 0.4) is 0 Å². The second kappa shape index (κ2) is 8.23. The number of nitrogens with one attached hydrogen (secondary N) is 1. The molecule has 0 atom stereocenters. The van der Waals surface area contributed by atoms with E-state index in [0.717, 1.165) is 43.9 Å². The Balaban J connectivity index is 2.09. The smallest absolute Gasteiger partial charge is 0.142 e. The van der Waals surface area contributed by atoms with Crippen molar-refractivity contribution in [1.29, 1.82) is 0 Å². The van der Waals surface area contributed by atoms with Crippen molar-refractivity contribution in [3.8, 4) is 5.75 Å². The zero-order valence-electron chi connectivity index (χ0n) is 12.6. The number of ether oxygens (including phenoxy) is 2. The Labute approximate surface area is 136 Å². The maximum absolute atomic E-state index is 6.33. The fourth-order valence-electron chi connectivity index (χ4n) is 2.33.